The lowest BCUT2D eigenvalue weighted by atomic mass is 9.79. The highest BCUT2D eigenvalue weighted by Gasteiger charge is 2.20. The van der Waals surface area contributed by atoms with Crippen LogP contribution in [0.1, 0.15) is 26.7 Å². The highest BCUT2D eigenvalue weighted by atomic mass is 14.6. The van der Waals surface area contributed by atoms with Crippen molar-refractivity contribution in [3.8, 4) is 0 Å². The zero-order valence-corrected chi connectivity index (χ0v) is 9.53. The second kappa shape index (κ2) is 4.09. The van der Waals surface area contributed by atoms with Gasteiger partial charge in [0.1, 0.15) is 0 Å². The zero-order valence-electron chi connectivity index (χ0n) is 9.53. The maximum Gasteiger partial charge on any atom is 0.00865 e. The fraction of sp³-hybridized carbons (Fsp3) is 0.429. The molecule has 0 radical (unpaired) electrons. The van der Waals surface area contributed by atoms with Gasteiger partial charge in [0.25, 0.3) is 0 Å². The van der Waals surface area contributed by atoms with Gasteiger partial charge >= 0.3 is 0 Å². The average molecular weight is 201 g/mol. The maximum absolute atomic E-state index is 5.83. The highest BCUT2D eigenvalue weighted by Crippen LogP contribution is 2.34. The van der Waals surface area contributed by atoms with Gasteiger partial charge in [0.05, 0.1) is 0 Å². The van der Waals surface area contributed by atoms with E-state index in [-0.39, 0.29) is 0 Å². The molecule has 0 aromatic carbocycles. The molecular formula is C14H19N. The summed E-state index contributed by atoms with van der Waals surface area (Å²) in [4.78, 5) is 0. The van der Waals surface area contributed by atoms with E-state index in [9.17, 15) is 0 Å². The Morgan fingerprint density at radius 2 is 1.80 bits per heavy atom. The van der Waals surface area contributed by atoms with Gasteiger partial charge in [-0.05, 0) is 41.9 Å². The van der Waals surface area contributed by atoms with E-state index in [1.54, 1.807) is 0 Å². The summed E-state index contributed by atoms with van der Waals surface area (Å²) in [5.41, 5.74) is 9.81. The van der Waals surface area contributed by atoms with Crippen LogP contribution in [-0.2, 0) is 0 Å². The first-order valence-electron chi connectivity index (χ1n) is 5.72. The van der Waals surface area contributed by atoms with E-state index in [2.05, 4.69) is 44.2 Å². The summed E-state index contributed by atoms with van der Waals surface area (Å²) in [6, 6.07) is 0. The van der Waals surface area contributed by atoms with Gasteiger partial charge in [-0.2, -0.15) is 0 Å². The number of allylic oxidation sites excluding steroid dienone is 8. The zero-order chi connectivity index (χ0) is 10.8. The van der Waals surface area contributed by atoms with Crippen LogP contribution in [0, 0.1) is 11.8 Å². The smallest absolute Gasteiger partial charge is 0.00865 e. The number of rotatable bonds is 1. The first kappa shape index (κ1) is 10.3. The second-order valence-electron chi connectivity index (χ2n) is 4.66. The van der Waals surface area contributed by atoms with Crippen LogP contribution in [0.15, 0.2) is 47.2 Å². The minimum atomic E-state index is 0.565. The Morgan fingerprint density at radius 1 is 1.07 bits per heavy atom. The predicted octanol–water partition coefficient (Wildman–Crippen LogP) is 3.32. The van der Waals surface area contributed by atoms with Crippen molar-refractivity contribution in [3.05, 3.63) is 47.2 Å². The summed E-state index contributed by atoms with van der Waals surface area (Å²) in [5.74, 6) is 1.21. The lowest BCUT2D eigenvalue weighted by Gasteiger charge is -2.26. The van der Waals surface area contributed by atoms with Crippen LogP contribution in [0.3, 0.4) is 0 Å². The van der Waals surface area contributed by atoms with Crippen molar-refractivity contribution in [2.75, 3.05) is 0 Å². The standard InChI is InChI=1S/C14H19N/c1-10-5-3-4-6-13(10)14-8-7-12(15)9-11(14)2/h3-4,6-8,10-11H,5,9,15H2,1-2H3. The molecule has 0 aromatic heterocycles. The van der Waals surface area contributed by atoms with Gasteiger partial charge in [0, 0.05) is 5.70 Å². The molecule has 0 amide bonds. The quantitative estimate of drug-likeness (QED) is 0.692. The summed E-state index contributed by atoms with van der Waals surface area (Å²) in [5, 5.41) is 0. The van der Waals surface area contributed by atoms with E-state index in [0.29, 0.717) is 11.8 Å². The van der Waals surface area contributed by atoms with Gasteiger partial charge in [-0.25, -0.2) is 0 Å². The van der Waals surface area contributed by atoms with Gasteiger partial charge in [0.15, 0.2) is 0 Å². The molecule has 0 aromatic rings. The van der Waals surface area contributed by atoms with E-state index >= 15 is 0 Å². The van der Waals surface area contributed by atoms with Gasteiger partial charge in [-0.3, -0.25) is 0 Å². The third-order valence-corrected chi connectivity index (χ3v) is 3.32. The molecule has 80 valence electrons. The predicted molar refractivity (Wildman–Crippen MR) is 65.1 cm³/mol. The Morgan fingerprint density at radius 3 is 2.47 bits per heavy atom. The average Bonchev–Trinajstić information content (AvgIpc) is 2.20. The first-order valence-corrected chi connectivity index (χ1v) is 5.72. The van der Waals surface area contributed by atoms with Crippen LogP contribution in [0.5, 0.6) is 0 Å². The molecule has 0 heterocycles. The van der Waals surface area contributed by atoms with Gasteiger partial charge in [0.2, 0.25) is 0 Å². The second-order valence-corrected chi connectivity index (χ2v) is 4.66. The minimum absolute atomic E-state index is 0.565. The molecule has 2 N–H and O–H groups in total. The molecule has 2 atom stereocenters. The Labute approximate surface area is 92.1 Å². The van der Waals surface area contributed by atoms with Crippen molar-refractivity contribution in [1.29, 1.82) is 0 Å². The van der Waals surface area contributed by atoms with Crippen LogP contribution in [0.25, 0.3) is 0 Å². The molecule has 0 fully saturated rings. The van der Waals surface area contributed by atoms with Gasteiger partial charge in [-0.15, -0.1) is 0 Å². The summed E-state index contributed by atoms with van der Waals surface area (Å²) >= 11 is 0. The molecule has 1 nitrogen and oxygen atoms in total. The first-order chi connectivity index (χ1) is 7.18. The molecule has 1 heteroatoms. The molecule has 0 bridgehead atoms. The van der Waals surface area contributed by atoms with Gasteiger partial charge in [-0.1, -0.05) is 38.2 Å². The fourth-order valence-electron chi connectivity index (χ4n) is 2.40. The number of hydrogen-bond donors (Lipinski definition) is 1. The van der Waals surface area contributed by atoms with Crippen LogP contribution < -0.4 is 5.73 Å². The largest absolute Gasteiger partial charge is 0.402 e. The summed E-state index contributed by atoms with van der Waals surface area (Å²) in [6.45, 7) is 4.56. The van der Waals surface area contributed by atoms with Crippen molar-refractivity contribution < 1.29 is 0 Å². The van der Waals surface area contributed by atoms with Crippen LogP contribution in [0.2, 0.25) is 0 Å². The van der Waals surface area contributed by atoms with Crippen molar-refractivity contribution in [3.63, 3.8) is 0 Å². The number of hydrogen-bond acceptors (Lipinski definition) is 1. The number of nitrogens with two attached hydrogens (primary N) is 1. The topological polar surface area (TPSA) is 26.0 Å². The Kier molecular flexibility index (Phi) is 2.81. The SMILES string of the molecule is CC1CC=CC=C1C1=CC=C(N)CC1C. The van der Waals surface area contributed by atoms with E-state index in [1.165, 1.54) is 11.1 Å². The lowest BCUT2D eigenvalue weighted by molar-refractivity contribution is 0.612. The molecule has 2 unspecified atom stereocenters. The van der Waals surface area contributed by atoms with Crippen LogP contribution in [-0.4, -0.2) is 0 Å². The molecule has 2 aliphatic carbocycles. The maximum atomic E-state index is 5.83. The van der Waals surface area contributed by atoms with Crippen LogP contribution >= 0.6 is 0 Å². The van der Waals surface area contributed by atoms with Crippen molar-refractivity contribution in [1.82, 2.24) is 0 Å². The van der Waals surface area contributed by atoms with Gasteiger partial charge < -0.3 is 5.73 Å². The minimum Gasteiger partial charge on any atom is -0.402 e. The van der Waals surface area contributed by atoms with Crippen molar-refractivity contribution >= 4 is 0 Å². The van der Waals surface area contributed by atoms with Crippen LogP contribution in [0.4, 0.5) is 0 Å². The Balaban J connectivity index is 2.30. The third kappa shape index (κ3) is 2.06. The Bertz CT molecular complexity index is 369. The van der Waals surface area contributed by atoms with E-state index in [4.69, 9.17) is 5.73 Å². The van der Waals surface area contributed by atoms with E-state index < -0.39 is 0 Å². The third-order valence-electron chi connectivity index (χ3n) is 3.32. The summed E-state index contributed by atoms with van der Waals surface area (Å²) < 4.78 is 0. The molecule has 0 aliphatic heterocycles. The molecule has 2 aliphatic rings. The van der Waals surface area contributed by atoms with Crippen molar-refractivity contribution in [2.45, 2.75) is 26.7 Å². The monoisotopic (exact) mass is 201 g/mol. The Hall–Kier alpha value is -1.24. The lowest BCUT2D eigenvalue weighted by Crippen LogP contribution is -2.15. The molecular weight excluding hydrogens is 182 g/mol. The normalized spacial score (nSPS) is 30.7. The van der Waals surface area contributed by atoms with E-state index in [0.717, 1.165) is 18.5 Å². The summed E-state index contributed by atoms with van der Waals surface area (Å²) in [6.07, 6.45) is 13.1. The molecule has 0 saturated carbocycles. The fourth-order valence-corrected chi connectivity index (χ4v) is 2.40. The summed E-state index contributed by atoms with van der Waals surface area (Å²) in [7, 11) is 0. The molecule has 15 heavy (non-hydrogen) atoms. The van der Waals surface area contributed by atoms with Crippen molar-refractivity contribution in [2.24, 2.45) is 17.6 Å². The molecule has 0 saturated heterocycles. The molecule has 2 rings (SSSR count). The van der Waals surface area contributed by atoms with E-state index in [1.807, 2.05) is 0 Å². The highest BCUT2D eigenvalue weighted by molar-refractivity contribution is 5.43. The molecule has 0 spiro atoms.